The third kappa shape index (κ3) is 2.33. The van der Waals surface area contributed by atoms with E-state index in [1.165, 1.54) is 0 Å². The van der Waals surface area contributed by atoms with E-state index in [0.29, 0.717) is 11.1 Å². The minimum atomic E-state index is 0.624. The van der Waals surface area contributed by atoms with Gasteiger partial charge in [-0.1, -0.05) is 12.1 Å². The molecule has 0 radical (unpaired) electrons. The largest absolute Gasteiger partial charge is 0.352 e. The molecular formula is C14H16N2O2. The summed E-state index contributed by atoms with van der Waals surface area (Å²) in [6.45, 7) is 1.67. The molecule has 0 fully saturated rings. The molecule has 0 saturated carbocycles. The van der Waals surface area contributed by atoms with Gasteiger partial charge in [0.05, 0.1) is 0 Å². The molecule has 0 aromatic heterocycles. The average Bonchev–Trinajstić information content (AvgIpc) is 2.78. The monoisotopic (exact) mass is 244 g/mol. The molecule has 1 aliphatic carbocycles. The number of hydrogen-bond acceptors (Lipinski definition) is 3. The topological polar surface area (TPSA) is 42.3 Å². The molecule has 1 heterocycles. The van der Waals surface area contributed by atoms with Crippen LogP contribution in [0.1, 0.15) is 20.7 Å². The highest BCUT2D eigenvalue weighted by atomic mass is 16.1. The Bertz CT molecular complexity index is 543. The van der Waals surface area contributed by atoms with Crippen molar-refractivity contribution in [1.82, 2.24) is 9.47 Å². The molecule has 1 aliphatic heterocycles. The molecule has 18 heavy (non-hydrogen) atoms. The van der Waals surface area contributed by atoms with Crippen molar-refractivity contribution in [3.05, 3.63) is 35.7 Å². The van der Waals surface area contributed by atoms with Crippen LogP contribution in [0.3, 0.4) is 0 Å². The molecule has 2 rings (SSSR count). The SMILES string of the molecule is CN(C)CCn1cc(C=O)c2ccc(C=O)c-2c1. The second-order valence-corrected chi connectivity index (χ2v) is 4.61. The quantitative estimate of drug-likeness (QED) is 0.753. The number of carbonyl (C=O) groups excluding carboxylic acids is 2. The molecule has 94 valence electrons. The fourth-order valence-electron chi connectivity index (χ4n) is 2.00. The first-order valence-electron chi connectivity index (χ1n) is 5.83. The number of rotatable bonds is 5. The third-order valence-corrected chi connectivity index (χ3v) is 3.00. The fraction of sp³-hybridized carbons (Fsp3) is 0.286. The van der Waals surface area contributed by atoms with Crippen LogP contribution in [-0.4, -0.2) is 42.7 Å². The maximum absolute atomic E-state index is 11.1. The predicted octanol–water partition coefficient (Wildman–Crippen LogP) is 1.78. The van der Waals surface area contributed by atoms with Gasteiger partial charge in [-0.2, -0.15) is 0 Å². The average molecular weight is 244 g/mol. The van der Waals surface area contributed by atoms with Gasteiger partial charge < -0.3 is 9.47 Å². The number of fused-ring (bicyclic) bond motifs is 1. The third-order valence-electron chi connectivity index (χ3n) is 3.00. The maximum Gasteiger partial charge on any atom is 0.152 e. The summed E-state index contributed by atoms with van der Waals surface area (Å²) < 4.78 is 1.96. The maximum atomic E-state index is 11.1. The Morgan fingerprint density at radius 1 is 1.06 bits per heavy atom. The molecule has 0 bridgehead atoms. The lowest BCUT2D eigenvalue weighted by Crippen LogP contribution is -2.18. The first-order valence-corrected chi connectivity index (χ1v) is 5.83. The molecule has 4 nitrogen and oxygen atoms in total. The van der Waals surface area contributed by atoms with Crippen molar-refractivity contribution in [2.24, 2.45) is 0 Å². The van der Waals surface area contributed by atoms with E-state index in [4.69, 9.17) is 0 Å². The molecule has 0 amide bonds. The number of hydrogen-bond donors (Lipinski definition) is 0. The molecule has 0 N–H and O–H groups in total. The van der Waals surface area contributed by atoms with Crippen molar-refractivity contribution in [3.8, 4) is 11.1 Å². The van der Waals surface area contributed by atoms with Crippen LogP contribution in [0.25, 0.3) is 11.1 Å². The summed E-state index contributed by atoms with van der Waals surface area (Å²) in [4.78, 5) is 24.1. The van der Waals surface area contributed by atoms with Crippen molar-refractivity contribution in [1.29, 1.82) is 0 Å². The van der Waals surface area contributed by atoms with Crippen LogP contribution >= 0.6 is 0 Å². The summed E-state index contributed by atoms with van der Waals surface area (Å²) in [5.41, 5.74) is 2.94. The zero-order valence-electron chi connectivity index (χ0n) is 10.6. The Morgan fingerprint density at radius 2 is 1.78 bits per heavy atom. The second kappa shape index (κ2) is 5.14. The van der Waals surface area contributed by atoms with Gasteiger partial charge in [0.2, 0.25) is 0 Å². The molecule has 2 aliphatic rings. The Hall–Kier alpha value is -1.94. The zero-order valence-corrected chi connectivity index (χ0v) is 10.6. The summed E-state index contributed by atoms with van der Waals surface area (Å²) in [6, 6.07) is 3.57. The highest BCUT2D eigenvalue weighted by Gasteiger charge is 2.14. The minimum absolute atomic E-state index is 0.624. The molecule has 0 aromatic rings. The van der Waals surface area contributed by atoms with Crippen molar-refractivity contribution in [2.75, 3.05) is 20.6 Å². The summed E-state index contributed by atoms with van der Waals surface area (Å²) in [6.07, 6.45) is 5.42. The predicted molar refractivity (Wildman–Crippen MR) is 70.4 cm³/mol. The Kier molecular flexibility index (Phi) is 3.58. The summed E-state index contributed by atoms with van der Waals surface area (Å²) in [5, 5.41) is 0. The van der Waals surface area contributed by atoms with Gasteiger partial charge in [0, 0.05) is 42.2 Å². The number of nitrogens with zero attached hydrogens (tertiary/aromatic N) is 2. The van der Waals surface area contributed by atoms with Crippen LogP contribution in [-0.2, 0) is 6.54 Å². The number of pyridine rings is 1. The molecule has 0 saturated heterocycles. The first kappa shape index (κ1) is 12.5. The molecule has 0 unspecified atom stereocenters. The summed E-state index contributed by atoms with van der Waals surface area (Å²) >= 11 is 0. The van der Waals surface area contributed by atoms with Crippen LogP contribution in [0.4, 0.5) is 0 Å². The van der Waals surface area contributed by atoms with E-state index in [1.807, 2.05) is 37.1 Å². The Labute approximate surface area is 106 Å². The van der Waals surface area contributed by atoms with Crippen molar-refractivity contribution in [3.63, 3.8) is 0 Å². The van der Waals surface area contributed by atoms with Crippen LogP contribution < -0.4 is 0 Å². The van der Waals surface area contributed by atoms with E-state index in [0.717, 1.165) is 36.8 Å². The van der Waals surface area contributed by atoms with Crippen LogP contribution in [0, 0.1) is 0 Å². The summed E-state index contributed by atoms with van der Waals surface area (Å²) in [7, 11) is 4.00. The standard InChI is InChI=1S/C14H16N2O2/c1-15(2)5-6-16-7-12(10-18)13-4-3-11(9-17)14(13)8-16/h3-4,7-10H,5-6H2,1-2H3. The highest BCUT2D eigenvalue weighted by Crippen LogP contribution is 2.29. The van der Waals surface area contributed by atoms with Gasteiger partial charge in [0.1, 0.15) is 0 Å². The first-order chi connectivity index (χ1) is 8.65. The van der Waals surface area contributed by atoms with Gasteiger partial charge in [0.25, 0.3) is 0 Å². The lowest BCUT2D eigenvalue weighted by atomic mass is 10.1. The normalized spacial score (nSPS) is 11.1. The second-order valence-electron chi connectivity index (χ2n) is 4.61. The van der Waals surface area contributed by atoms with E-state index >= 15 is 0 Å². The van der Waals surface area contributed by atoms with Crippen LogP contribution in [0.15, 0.2) is 24.5 Å². The lowest BCUT2D eigenvalue weighted by molar-refractivity contribution is 0.111. The lowest BCUT2D eigenvalue weighted by Gasteiger charge is -2.15. The molecular weight excluding hydrogens is 228 g/mol. The van der Waals surface area contributed by atoms with E-state index in [2.05, 4.69) is 4.90 Å². The van der Waals surface area contributed by atoms with Crippen molar-refractivity contribution >= 4 is 12.6 Å². The van der Waals surface area contributed by atoms with Crippen LogP contribution in [0.2, 0.25) is 0 Å². The number of aromatic nitrogens is 1. The van der Waals surface area contributed by atoms with E-state index in [-0.39, 0.29) is 0 Å². The van der Waals surface area contributed by atoms with Gasteiger partial charge in [-0.15, -0.1) is 0 Å². The van der Waals surface area contributed by atoms with Gasteiger partial charge in [-0.3, -0.25) is 9.59 Å². The molecule has 0 spiro atoms. The van der Waals surface area contributed by atoms with E-state index in [9.17, 15) is 9.59 Å². The van der Waals surface area contributed by atoms with E-state index < -0.39 is 0 Å². The highest BCUT2D eigenvalue weighted by molar-refractivity contribution is 5.96. The van der Waals surface area contributed by atoms with Gasteiger partial charge in [0.15, 0.2) is 12.6 Å². The Morgan fingerprint density at radius 3 is 2.39 bits per heavy atom. The molecule has 4 heteroatoms. The van der Waals surface area contributed by atoms with Gasteiger partial charge >= 0.3 is 0 Å². The van der Waals surface area contributed by atoms with Gasteiger partial charge in [-0.25, -0.2) is 0 Å². The zero-order chi connectivity index (χ0) is 13.1. The Balaban J connectivity index is 2.44. The molecule has 0 atom stereocenters. The van der Waals surface area contributed by atoms with Crippen molar-refractivity contribution in [2.45, 2.75) is 6.54 Å². The minimum Gasteiger partial charge on any atom is -0.352 e. The van der Waals surface area contributed by atoms with Crippen LogP contribution in [0.5, 0.6) is 0 Å². The number of likely N-dealkylation sites (N-methyl/N-ethyl adjacent to an activating group) is 1. The van der Waals surface area contributed by atoms with Gasteiger partial charge in [-0.05, 0) is 19.7 Å². The fourth-order valence-corrected chi connectivity index (χ4v) is 2.00. The number of carbonyl (C=O) groups is 2. The van der Waals surface area contributed by atoms with Crippen molar-refractivity contribution < 1.29 is 9.59 Å². The smallest absolute Gasteiger partial charge is 0.152 e. The molecule has 0 aromatic carbocycles. The summed E-state index contributed by atoms with van der Waals surface area (Å²) in [5.74, 6) is 0. The number of aldehydes is 2. The van der Waals surface area contributed by atoms with E-state index in [1.54, 1.807) is 6.07 Å².